The first-order chi connectivity index (χ1) is 14.8. The van der Waals surface area contributed by atoms with Gasteiger partial charge in [-0.2, -0.15) is 0 Å². The van der Waals surface area contributed by atoms with Gasteiger partial charge in [0.25, 0.3) is 0 Å². The summed E-state index contributed by atoms with van der Waals surface area (Å²) in [5.74, 6) is 1.34. The van der Waals surface area contributed by atoms with Crippen LogP contribution in [0.5, 0.6) is 11.5 Å². The number of benzene rings is 4. The Hall–Kier alpha value is -3.85. The van der Waals surface area contributed by atoms with Crippen molar-refractivity contribution in [2.75, 3.05) is 6.61 Å². The van der Waals surface area contributed by atoms with E-state index in [1.807, 2.05) is 109 Å². The highest BCUT2D eigenvalue weighted by atomic mass is 16.5. The smallest absolute Gasteiger partial charge is 0.200 e. The summed E-state index contributed by atoms with van der Waals surface area (Å²) < 4.78 is 11.4. The molecular weight excluding hydrogens is 372 g/mol. The van der Waals surface area contributed by atoms with Crippen molar-refractivity contribution in [3.63, 3.8) is 0 Å². The quantitative estimate of drug-likeness (QED) is 0.334. The SMILES string of the molecule is O=C(COc1ccc(OCc2ccccc2)cc1)c1ccc(-c2ccccc2)cc1. The standard InChI is InChI=1S/C27H22O3/c28-27(24-13-11-23(12-14-24)22-9-5-2-6-10-22)20-30-26-17-15-25(16-18-26)29-19-21-7-3-1-4-8-21/h1-18H,19-20H2. The number of hydrogen-bond acceptors (Lipinski definition) is 3. The lowest BCUT2D eigenvalue weighted by molar-refractivity contribution is 0.0921. The van der Waals surface area contributed by atoms with Gasteiger partial charge in [0.05, 0.1) is 0 Å². The Morgan fingerprint density at radius 3 is 1.73 bits per heavy atom. The van der Waals surface area contributed by atoms with E-state index in [1.165, 1.54) is 0 Å². The maximum Gasteiger partial charge on any atom is 0.200 e. The van der Waals surface area contributed by atoms with Crippen LogP contribution in [-0.2, 0) is 6.61 Å². The van der Waals surface area contributed by atoms with Crippen molar-refractivity contribution < 1.29 is 14.3 Å². The summed E-state index contributed by atoms with van der Waals surface area (Å²) >= 11 is 0. The van der Waals surface area contributed by atoms with Gasteiger partial charge in [0, 0.05) is 5.56 Å². The van der Waals surface area contributed by atoms with E-state index in [9.17, 15) is 4.79 Å². The molecule has 0 fully saturated rings. The number of carbonyl (C=O) groups excluding carboxylic acids is 1. The Morgan fingerprint density at radius 2 is 1.10 bits per heavy atom. The molecule has 148 valence electrons. The van der Waals surface area contributed by atoms with Crippen LogP contribution in [0.25, 0.3) is 11.1 Å². The topological polar surface area (TPSA) is 35.5 Å². The molecule has 3 heteroatoms. The zero-order valence-electron chi connectivity index (χ0n) is 16.5. The van der Waals surface area contributed by atoms with E-state index in [1.54, 1.807) is 0 Å². The minimum absolute atomic E-state index is 0.00506. The largest absolute Gasteiger partial charge is 0.489 e. The molecule has 0 aliphatic rings. The van der Waals surface area contributed by atoms with E-state index in [0.717, 1.165) is 22.4 Å². The Balaban J connectivity index is 1.29. The summed E-state index contributed by atoms with van der Waals surface area (Å²) in [6.07, 6.45) is 0. The summed E-state index contributed by atoms with van der Waals surface area (Å²) in [6.45, 7) is 0.507. The molecular formula is C27H22O3. The Labute approximate surface area is 176 Å². The average molecular weight is 394 g/mol. The predicted octanol–water partition coefficient (Wildman–Crippen LogP) is 6.19. The minimum Gasteiger partial charge on any atom is -0.489 e. The maximum absolute atomic E-state index is 12.4. The third kappa shape index (κ3) is 5.15. The number of hydrogen-bond donors (Lipinski definition) is 0. The van der Waals surface area contributed by atoms with Gasteiger partial charge in [-0.1, -0.05) is 84.9 Å². The van der Waals surface area contributed by atoms with Gasteiger partial charge in [0.2, 0.25) is 0 Å². The summed E-state index contributed by atoms with van der Waals surface area (Å²) in [6, 6.07) is 35.0. The molecule has 0 atom stereocenters. The molecule has 4 aromatic carbocycles. The summed E-state index contributed by atoms with van der Waals surface area (Å²) in [7, 11) is 0. The van der Waals surface area contributed by atoms with Crippen LogP contribution in [0.15, 0.2) is 109 Å². The molecule has 0 amide bonds. The molecule has 3 nitrogen and oxygen atoms in total. The Morgan fingerprint density at radius 1 is 0.567 bits per heavy atom. The Bertz CT molecular complexity index is 1070. The summed E-state index contributed by atoms with van der Waals surface area (Å²) in [4.78, 5) is 12.4. The highest BCUT2D eigenvalue weighted by molar-refractivity contribution is 5.97. The zero-order chi connectivity index (χ0) is 20.6. The molecule has 0 saturated heterocycles. The van der Waals surface area contributed by atoms with Crippen LogP contribution in [0.1, 0.15) is 15.9 Å². The second-order valence-corrected chi connectivity index (χ2v) is 6.90. The highest BCUT2D eigenvalue weighted by Gasteiger charge is 2.08. The molecule has 0 bridgehead atoms. The lowest BCUT2D eigenvalue weighted by atomic mass is 10.0. The van der Waals surface area contributed by atoms with Gasteiger partial charge in [0.1, 0.15) is 18.1 Å². The first kappa shape index (κ1) is 19.5. The van der Waals surface area contributed by atoms with Crippen molar-refractivity contribution in [3.05, 3.63) is 120 Å². The number of carbonyl (C=O) groups is 1. The fourth-order valence-electron chi connectivity index (χ4n) is 3.08. The van der Waals surface area contributed by atoms with Crippen molar-refractivity contribution >= 4 is 5.78 Å². The average Bonchev–Trinajstić information content (AvgIpc) is 2.83. The molecule has 0 aliphatic heterocycles. The molecule has 0 saturated carbocycles. The molecule has 0 radical (unpaired) electrons. The van der Waals surface area contributed by atoms with E-state index < -0.39 is 0 Å². The zero-order valence-corrected chi connectivity index (χ0v) is 16.5. The Kier molecular flexibility index (Phi) is 6.21. The van der Waals surface area contributed by atoms with Crippen LogP contribution < -0.4 is 9.47 Å². The first-order valence-corrected chi connectivity index (χ1v) is 9.86. The van der Waals surface area contributed by atoms with E-state index in [2.05, 4.69) is 0 Å². The number of ketones is 1. The van der Waals surface area contributed by atoms with Gasteiger partial charge in [-0.05, 0) is 41.0 Å². The fourth-order valence-corrected chi connectivity index (χ4v) is 3.08. The van der Waals surface area contributed by atoms with Crippen molar-refractivity contribution in [2.45, 2.75) is 6.61 Å². The monoisotopic (exact) mass is 394 g/mol. The van der Waals surface area contributed by atoms with Gasteiger partial charge in [-0.15, -0.1) is 0 Å². The van der Waals surface area contributed by atoms with E-state index >= 15 is 0 Å². The maximum atomic E-state index is 12.4. The van der Waals surface area contributed by atoms with Gasteiger partial charge >= 0.3 is 0 Å². The first-order valence-electron chi connectivity index (χ1n) is 9.86. The summed E-state index contributed by atoms with van der Waals surface area (Å²) in [5, 5.41) is 0. The van der Waals surface area contributed by atoms with E-state index in [4.69, 9.17) is 9.47 Å². The minimum atomic E-state index is -0.0565. The third-order valence-corrected chi connectivity index (χ3v) is 4.76. The highest BCUT2D eigenvalue weighted by Crippen LogP contribution is 2.21. The number of Topliss-reactive ketones (excluding diaryl/α,β-unsaturated/α-hetero) is 1. The predicted molar refractivity (Wildman–Crippen MR) is 119 cm³/mol. The normalized spacial score (nSPS) is 10.4. The van der Waals surface area contributed by atoms with Gasteiger partial charge < -0.3 is 9.47 Å². The number of ether oxygens (including phenoxy) is 2. The molecule has 0 heterocycles. The second kappa shape index (κ2) is 9.57. The van der Waals surface area contributed by atoms with Gasteiger partial charge in [-0.25, -0.2) is 0 Å². The molecule has 4 aromatic rings. The second-order valence-electron chi connectivity index (χ2n) is 6.90. The molecule has 0 N–H and O–H groups in total. The van der Waals surface area contributed by atoms with E-state index in [-0.39, 0.29) is 12.4 Å². The lowest BCUT2D eigenvalue weighted by Crippen LogP contribution is -2.11. The van der Waals surface area contributed by atoms with Crippen LogP contribution in [0.2, 0.25) is 0 Å². The lowest BCUT2D eigenvalue weighted by Gasteiger charge is -2.09. The molecule has 0 aromatic heterocycles. The summed E-state index contributed by atoms with van der Waals surface area (Å²) in [5.41, 5.74) is 3.96. The van der Waals surface area contributed by atoms with Crippen molar-refractivity contribution in [1.82, 2.24) is 0 Å². The van der Waals surface area contributed by atoms with Crippen LogP contribution in [0.3, 0.4) is 0 Å². The van der Waals surface area contributed by atoms with Crippen LogP contribution in [0.4, 0.5) is 0 Å². The molecule has 0 spiro atoms. The number of rotatable bonds is 8. The fraction of sp³-hybridized carbons (Fsp3) is 0.0741. The van der Waals surface area contributed by atoms with E-state index in [0.29, 0.717) is 17.9 Å². The van der Waals surface area contributed by atoms with Crippen LogP contribution in [-0.4, -0.2) is 12.4 Å². The molecule has 30 heavy (non-hydrogen) atoms. The van der Waals surface area contributed by atoms with Crippen LogP contribution >= 0.6 is 0 Å². The third-order valence-electron chi connectivity index (χ3n) is 4.76. The van der Waals surface area contributed by atoms with Crippen LogP contribution in [0, 0.1) is 0 Å². The van der Waals surface area contributed by atoms with Gasteiger partial charge in [-0.3, -0.25) is 4.79 Å². The van der Waals surface area contributed by atoms with Crippen molar-refractivity contribution in [3.8, 4) is 22.6 Å². The van der Waals surface area contributed by atoms with Crippen molar-refractivity contribution in [2.24, 2.45) is 0 Å². The molecule has 0 aliphatic carbocycles. The van der Waals surface area contributed by atoms with Gasteiger partial charge in [0.15, 0.2) is 12.4 Å². The van der Waals surface area contributed by atoms with Crippen molar-refractivity contribution in [1.29, 1.82) is 0 Å². The molecule has 4 rings (SSSR count). The molecule has 0 unspecified atom stereocenters.